The van der Waals surface area contributed by atoms with Crippen LogP contribution in [0.4, 0.5) is 0 Å². The largest absolute Gasteiger partial charge is 0.135 e. The Hall–Kier alpha value is -8.10. The normalized spacial score (nSPS) is 11.7. The molecule has 12 aromatic carbocycles. The first kappa shape index (κ1) is 37.5. The lowest BCUT2D eigenvalue weighted by atomic mass is 9.84. The maximum Gasteiger partial charge on any atom is 0.0434 e. The van der Waals surface area contributed by atoms with Crippen LogP contribution in [0.1, 0.15) is 0 Å². The topological polar surface area (TPSA) is 0 Å². The van der Waals surface area contributed by atoms with Crippen LogP contribution in [-0.4, -0.2) is 0 Å². The molecule has 0 aliphatic rings. The Labute approximate surface area is 382 Å². The third kappa shape index (κ3) is 6.43. The van der Waals surface area contributed by atoms with Crippen molar-refractivity contribution in [2.75, 3.05) is 0 Å². The van der Waals surface area contributed by atoms with E-state index in [0.29, 0.717) is 0 Å². The predicted octanol–water partition coefficient (Wildman–Crippen LogP) is 18.7. The van der Waals surface area contributed by atoms with Crippen LogP contribution < -0.4 is 0 Å². The molecule has 0 saturated carbocycles. The zero-order valence-corrected chi connectivity index (χ0v) is 36.3. The van der Waals surface area contributed by atoms with Crippen molar-refractivity contribution in [3.63, 3.8) is 0 Å². The maximum atomic E-state index is 2.44. The van der Waals surface area contributed by atoms with E-state index in [2.05, 4.69) is 243 Å². The number of benzene rings is 12. The van der Waals surface area contributed by atoms with Crippen molar-refractivity contribution in [1.29, 1.82) is 0 Å². The monoisotopic (exact) mass is 840 g/mol. The van der Waals surface area contributed by atoms with Crippen LogP contribution in [0.5, 0.6) is 0 Å². The lowest BCUT2D eigenvalue weighted by Crippen LogP contribution is -1.91. The third-order valence-corrected chi connectivity index (χ3v) is 14.6. The molecule has 0 radical (unpaired) electrons. The SMILES string of the molecule is c1ccc(-c2c3ccccc3c(-c3ccccc3)c3cc(-c4cccc(-c5cc(-c6ccc7ccccc7c6)cc6c5sc5ccc(-c7ccc8ccccc8c7)cc56)c4)ccc23)cc1. The second-order valence-corrected chi connectivity index (χ2v) is 18.3. The number of rotatable bonds is 6. The second kappa shape index (κ2) is 15.3. The minimum absolute atomic E-state index is 1.20. The average Bonchev–Trinajstić information content (AvgIpc) is 3.75. The Balaban J connectivity index is 1.02. The Bertz CT molecular complexity index is 3990. The van der Waals surface area contributed by atoms with Crippen molar-refractivity contribution in [3.05, 3.63) is 243 Å². The van der Waals surface area contributed by atoms with Gasteiger partial charge in [0, 0.05) is 25.7 Å². The molecule has 0 spiro atoms. The molecule has 13 aromatic rings. The second-order valence-electron chi connectivity index (χ2n) is 17.2. The lowest BCUT2D eigenvalue weighted by Gasteiger charge is -2.19. The van der Waals surface area contributed by atoms with Crippen molar-refractivity contribution in [3.8, 4) is 66.8 Å². The molecular weight excluding hydrogens is 801 g/mol. The van der Waals surface area contributed by atoms with E-state index in [1.54, 1.807) is 0 Å². The van der Waals surface area contributed by atoms with Gasteiger partial charge >= 0.3 is 0 Å². The van der Waals surface area contributed by atoms with Gasteiger partial charge in [-0.25, -0.2) is 0 Å². The van der Waals surface area contributed by atoms with Gasteiger partial charge in [-0.2, -0.15) is 0 Å². The summed E-state index contributed by atoms with van der Waals surface area (Å²) >= 11 is 1.90. The van der Waals surface area contributed by atoms with Gasteiger partial charge in [0.05, 0.1) is 0 Å². The van der Waals surface area contributed by atoms with Crippen LogP contribution >= 0.6 is 11.3 Å². The number of hydrogen-bond donors (Lipinski definition) is 0. The highest BCUT2D eigenvalue weighted by Crippen LogP contribution is 2.47. The first-order chi connectivity index (χ1) is 32.2. The standard InChI is InChI=1S/C64H40S/c1-3-16-43(17-4-1)62-54-24-11-12-25-55(54)63(44-18-5-2-6-19-44)59-38-50(30-32-56(59)62)47-22-13-23-52(36-47)57-39-53(49-29-27-42-15-8-10-21-46(42)35-49)40-60-58-37-51(31-33-61(58)65-64(57)60)48-28-26-41-14-7-9-20-45(41)34-48/h1-40H. The summed E-state index contributed by atoms with van der Waals surface area (Å²) < 4.78 is 2.60. The predicted molar refractivity (Wildman–Crippen MR) is 282 cm³/mol. The van der Waals surface area contributed by atoms with E-state index < -0.39 is 0 Å². The van der Waals surface area contributed by atoms with Gasteiger partial charge in [-0.05, 0) is 153 Å². The van der Waals surface area contributed by atoms with Crippen molar-refractivity contribution >= 4 is 74.6 Å². The Morgan fingerprint density at radius 3 is 1.32 bits per heavy atom. The average molecular weight is 841 g/mol. The minimum Gasteiger partial charge on any atom is -0.135 e. The van der Waals surface area contributed by atoms with Crippen LogP contribution in [0.3, 0.4) is 0 Å². The van der Waals surface area contributed by atoms with Gasteiger partial charge in [-0.15, -0.1) is 11.3 Å². The molecule has 65 heavy (non-hydrogen) atoms. The summed E-state index contributed by atoms with van der Waals surface area (Å²) in [6.45, 7) is 0. The van der Waals surface area contributed by atoms with Crippen molar-refractivity contribution in [2.24, 2.45) is 0 Å². The van der Waals surface area contributed by atoms with Gasteiger partial charge in [-0.3, -0.25) is 0 Å². The molecule has 0 saturated heterocycles. The van der Waals surface area contributed by atoms with E-state index in [0.717, 1.165) is 0 Å². The molecule has 0 N–H and O–H groups in total. The smallest absolute Gasteiger partial charge is 0.0434 e. The highest BCUT2D eigenvalue weighted by molar-refractivity contribution is 7.26. The Morgan fingerprint density at radius 1 is 0.215 bits per heavy atom. The molecular formula is C64H40S. The van der Waals surface area contributed by atoms with Crippen LogP contribution in [0, 0.1) is 0 Å². The van der Waals surface area contributed by atoms with Gasteiger partial charge in [-0.1, -0.05) is 194 Å². The van der Waals surface area contributed by atoms with Crippen molar-refractivity contribution < 1.29 is 0 Å². The van der Waals surface area contributed by atoms with Crippen LogP contribution in [-0.2, 0) is 0 Å². The molecule has 13 rings (SSSR count). The summed E-state index contributed by atoms with van der Waals surface area (Å²) in [7, 11) is 0. The number of hydrogen-bond acceptors (Lipinski definition) is 1. The molecule has 302 valence electrons. The Morgan fingerprint density at radius 2 is 0.662 bits per heavy atom. The fourth-order valence-corrected chi connectivity index (χ4v) is 11.4. The summed E-state index contributed by atoms with van der Waals surface area (Å²) in [6, 6.07) is 89.9. The molecule has 1 aromatic heterocycles. The number of thiophene rings is 1. The summed E-state index contributed by atoms with van der Waals surface area (Å²) in [5.74, 6) is 0. The molecule has 0 nitrogen and oxygen atoms in total. The molecule has 1 heteroatoms. The highest BCUT2D eigenvalue weighted by atomic mass is 32.1. The van der Waals surface area contributed by atoms with Gasteiger partial charge in [0.2, 0.25) is 0 Å². The lowest BCUT2D eigenvalue weighted by molar-refractivity contribution is 1.61. The van der Waals surface area contributed by atoms with Gasteiger partial charge in [0.1, 0.15) is 0 Å². The van der Waals surface area contributed by atoms with Crippen LogP contribution in [0.15, 0.2) is 243 Å². The Kier molecular flexibility index (Phi) is 8.82. The fraction of sp³-hybridized carbons (Fsp3) is 0. The van der Waals surface area contributed by atoms with E-state index in [1.807, 2.05) is 11.3 Å². The summed E-state index contributed by atoms with van der Waals surface area (Å²) in [5.41, 5.74) is 14.8. The molecule has 0 atom stereocenters. The van der Waals surface area contributed by atoms with E-state index >= 15 is 0 Å². The molecule has 0 fully saturated rings. The van der Waals surface area contributed by atoms with Crippen LogP contribution in [0.2, 0.25) is 0 Å². The van der Waals surface area contributed by atoms with E-state index in [4.69, 9.17) is 0 Å². The fourth-order valence-electron chi connectivity index (χ4n) is 10.2. The number of fused-ring (bicyclic) bond motifs is 7. The van der Waals surface area contributed by atoms with Crippen molar-refractivity contribution in [1.82, 2.24) is 0 Å². The molecule has 0 unspecified atom stereocenters. The van der Waals surface area contributed by atoms with Crippen LogP contribution in [0.25, 0.3) is 130 Å². The highest BCUT2D eigenvalue weighted by Gasteiger charge is 2.19. The first-order valence-electron chi connectivity index (χ1n) is 22.4. The maximum absolute atomic E-state index is 2.44. The van der Waals surface area contributed by atoms with Crippen molar-refractivity contribution in [2.45, 2.75) is 0 Å². The first-order valence-corrected chi connectivity index (χ1v) is 23.2. The summed E-state index contributed by atoms with van der Waals surface area (Å²) in [4.78, 5) is 0. The molecule has 0 amide bonds. The van der Waals surface area contributed by atoms with Gasteiger partial charge < -0.3 is 0 Å². The summed E-state index contributed by atoms with van der Waals surface area (Å²) in [5, 5.41) is 12.6. The van der Waals surface area contributed by atoms with Gasteiger partial charge in [0.15, 0.2) is 0 Å². The summed E-state index contributed by atoms with van der Waals surface area (Å²) in [6.07, 6.45) is 0. The minimum atomic E-state index is 1.20. The van der Waals surface area contributed by atoms with Gasteiger partial charge in [0.25, 0.3) is 0 Å². The molecule has 0 aliphatic heterocycles. The quantitative estimate of drug-likeness (QED) is 0.146. The zero-order valence-electron chi connectivity index (χ0n) is 35.5. The molecule has 1 heterocycles. The van der Waals surface area contributed by atoms with E-state index in [-0.39, 0.29) is 0 Å². The third-order valence-electron chi connectivity index (χ3n) is 13.4. The zero-order chi connectivity index (χ0) is 42.8. The van der Waals surface area contributed by atoms with E-state index in [1.165, 1.54) is 130 Å². The molecule has 0 bridgehead atoms. The van der Waals surface area contributed by atoms with E-state index in [9.17, 15) is 0 Å². The molecule has 0 aliphatic carbocycles.